The van der Waals surface area contributed by atoms with Crippen LogP contribution in [-0.4, -0.2) is 50.8 Å². The van der Waals surface area contributed by atoms with Crippen LogP contribution in [-0.2, 0) is 11.3 Å². The van der Waals surface area contributed by atoms with E-state index >= 15 is 0 Å². The van der Waals surface area contributed by atoms with E-state index in [1.807, 2.05) is 43.4 Å². The lowest BCUT2D eigenvalue weighted by atomic mass is 10.1. The fourth-order valence-electron chi connectivity index (χ4n) is 3.55. The largest absolute Gasteiger partial charge is 0.494 e. The minimum Gasteiger partial charge on any atom is -0.494 e. The SMILES string of the molecule is CN=C(NCCCCOc1ccccc1)N1CCC(COCc2ccccc2)C1.I. The molecule has 0 aromatic heterocycles. The van der Waals surface area contributed by atoms with Crippen LogP contribution in [0.3, 0.4) is 0 Å². The second-order valence-corrected chi connectivity index (χ2v) is 7.44. The van der Waals surface area contributed by atoms with Gasteiger partial charge in [0, 0.05) is 32.6 Å². The number of benzene rings is 2. The van der Waals surface area contributed by atoms with E-state index in [1.165, 1.54) is 5.56 Å². The third kappa shape index (κ3) is 8.52. The van der Waals surface area contributed by atoms with E-state index in [-0.39, 0.29) is 24.0 Å². The molecule has 6 heteroatoms. The van der Waals surface area contributed by atoms with Gasteiger partial charge in [-0.15, -0.1) is 24.0 Å². The van der Waals surface area contributed by atoms with Gasteiger partial charge >= 0.3 is 0 Å². The lowest BCUT2D eigenvalue weighted by Gasteiger charge is -2.21. The van der Waals surface area contributed by atoms with Crippen LogP contribution in [0.2, 0.25) is 0 Å². The lowest BCUT2D eigenvalue weighted by Crippen LogP contribution is -2.40. The molecule has 1 unspecified atom stereocenters. The molecule has 1 heterocycles. The number of nitrogens with zero attached hydrogens (tertiary/aromatic N) is 2. The standard InChI is InChI=1S/C24H33N3O2.HI/c1-25-24(26-15-8-9-17-29-23-12-6-3-7-13-23)27-16-14-22(18-27)20-28-19-21-10-4-2-5-11-21;/h2-7,10-13,22H,8-9,14-20H2,1H3,(H,25,26);1H. The molecular weight excluding hydrogens is 489 g/mol. The maximum atomic E-state index is 5.93. The molecule has 0 spiro atoms. The average molecular weight is 523 g/mol. The van der Waals surface area contributed by atoms with Crippen LogP contribution >= 0.6 is 24.0 Å². The summed E-state index contributed by atoms with van der Waals surface area (Å²) in [5, 5.41) is 3.49. The molecule has 164 valence electrons. The Balaban J connectivity index is 0.00000320. The topological polar surface area (TPSA) is 46.1 Å². The van der Waals surface area contributed by atoms with Crippen LogP contribution in [0, 0.1) is 5.92 Å². The first kappa shape index (κ1) is 24.5. The smallest absolute Gasteiger partial charge is 0.193 e. The van der Waals surface area contributed by atoms with Crippen LogP contribution < -0.4 is 10.1 Å². The van der Waals surface area contributed by atoms with Crippen molar-refractivity contribution in [1.82, 2.24) is 10.2 Å². The van der Waals surface area contributed by atoms with Crippen LogP contribution in [0.25, 0.3) is 0 Å². The van der Waals surface area contributed by atoms with Crippen molar-refractivity contribution in [1.29, 1.82) is 0 Å². The van der Waals surface area contributed by atoms with E-state index in [0.717, 1.165) is 63.8 Å². The summed E-state index contributed by atoms with van der Waals surface area (Å²) in [7, 11) is 1.86. The summed E-state index contributed by atoms with van der Waals surface area (Å²) in [6, 6.07) is 20.3. The molecule has 0 aliphatic carbocycles. The van der Waals surface area contributed by atoms with Gasteiger partial charge in [0.2, 0.25) is 0 Å². The summed E-state index contributed by atoms with van der Waals surface area (Å²) in [4.78, 5) is 6.80. The molecule has 1 saturated heterocycles. The number of unbranched alkanes of at least 4 members (excludes halogenated alkanes) is 1. The van der Waals surface area contributed by atoms with E-state index in [4.69, 9.17) is 9.47 Å². The van der Waals surface area contributed by atoms with E-state index in [2.05, 4.69) is 39.5 Å². The Hall–Kier alpha value is -1.80. The minimum atomic E-state index is 0. The van der Waals surface area contributed by atoms with Gasteiger partial charge in [-0.05, 0) is 37.0 Å². The molecule has 0 radical (unpaired) electrons. The fraction of sp³-hybridized carbons (Fsp3) is 0.458. The molecule has 0 bridgehead atoms. The quantitative estimate of drug-likeness (QED) is 0.215. The van der Waals surface area contributed by atoms with Crippen molar-refractivity contribution in [2.75, 3.05) is 39.9 Å². The van der Waals surface area contributed by atoms with Crippen LogP contribution in [0.1, 0.15) is 24.8 Å². The Labute approximate surface area is 197 Å². The molecular formula is C24H34IN3O2. The van der Waals surface area contributed by atoms with Crippen molar-refractivity contribution in [2.24, 2.45) is 10.9 Å². The first-order valence-corrected chi connectivity index (χ1v) is 10.6. The highest BCUT2D eigenvalue weighted by molar-refractivity contribution is 14.0. The number of halogens is 1. The molecule has 0 saturated carbocycles. The summed E-state index contributed by atoms with van der Waals surface area (Å²) < 4.78 is 11.7. The van der Waals surface area contributed by atoms with Gasteiger partial charge in [-0.25, -0.2) is 0 Å². The number of nitrogens with one attached hydrogen (secondary N) is 1. The molecule has 0 amide bonds. The number of likely N-dealkylation sites (tertiary alicyclic amines) is 1. The van der Waals surface area contributed by atoms with E-state index in [1.54, 1.807) is 0 Å². The third-order valence-corrected chi connectivity index (χ3v) is 5.13. The van der Waals surface area contributed by atoms with E-state index in [9.17, 15) is 0 Å². The zero-order chi connectivity index (χ0) is 20.2. The van der Waals surface area contributed by atoms with Crippen LogP contribution in [0.4, 0.5) is 0 Å². The second-order valence-electron chi connectivity index (χ2n) is 7.44. The zero-order valence-corrected chi connectivity index (χ0v) is 20.2. The van der Waals surface area contributed by atoms with Gasteiger partial charge in [-0.2, -0.15) is 0 Å². The molecule has 1 atom stereocenters. The summed E-state index contributed by atoms with van der Waals surface area (Å²) in [5.41, 5.74) is 1.23. The summed E-state index contributed by atoms with van der Waals surface area (Å²) in [6.07, 6.45) is 3.23. The predicted octanol–water partition coefficient (Wildman–Crippen LogP) is 4.58. The lowest BCUT2D eigenvalue weighted by molar-refractivity contribution is 0.0907. The number of hydrogen-bond acceptors (Lipinski definition) is 3. The van der Waals surface area contributed by atoms with Gasteiger partial charge in [-0.3, -0.25) is 4.99 Å². The summed E-state index contributed by atoms with van der Waals surface area (Å²) in [6.45, 7) is 5.20. The van der Waals surface area contributed by atoms with Crippen molar-refractivity contribution >= 4 is 29.9 Å². The number of guanidine groups is 1. The minimum absolute atomic E-state index is 0. The van der Waals surface area contributed by atoms with Crippen LogP contribution in [0.15, 0.2) is 65.7 Å². The predicted molar refractivity (Wildman–Crippen MR) is 134 cm³/mol. The highest BCUT2D eigenvalue weighted by Crippen LogP contribution is 2.17. The molecule has 30 heavy (non-hydrogen) atoms. The highest BCUT2D eigenvalue weighted by Gasteiger charge is 2.24. The van der Waals surface area contributed by atoms with Gasteiger partial charge in [0.1, 0.15) is 5.75 Å². The molecule has 1 aliphatic rings. The Morgan fingerprint density at radius 3 is 2.53 bits per heavy atom. The fourth-order valence-corrected chi connectivity index (χ4v) is 3.55. The zero-order valence-electron chi connectivity index (χ0n) is 17.8. The maximum absolute atomic E-state index is 5.93. The molecule has 2 aromatic carbocycles. The second kappa shape index (κ2) is 14.2. The Morgan fingerprint density at radius 1 is 1.07 bits per heavy atom. The molecule has 5 nitrogen and oxygen atoms in total. The average Bonchev–Trinajstić information content (AvgIpc) is 3.23. The molecule has 1 aliphatic heterocycles. The van der Waals surface area contributed by atoms with Crippen molar-refractivity contribution in [3.05, 3.63) is 66.2 Å². The maximum Gasteiger partial charge on any atom is 0.193 e. The monoisotopic (exact) mass is 523 g/mol. The number of aliphatic imine (C=N–C) groups is 1. The van der Waals surface area contributed by atoms with Gasteiger partial charge < -0.3 is 19.7 Å². The van der Waals surface area contributed by atoms with Gasteiger partial charge in [0.05, 0.1) is 19.8 Å². The van der Waals surface area contributed by atoms with E-state index < -0.39 is 0 Å². The van der Waals surface area contributed by atoms with Crippen molar-refractivity contribution in [3.63, 3.8) is 0 Å². The molecule has 2 aromatic rings. The number of rotatable bonds is 10. The Morgan fingerprint density at radius 2 is 1.80 bits per heavy atom. The summed E-state index contributed by atoms with van der Waals surface area (Å²) in [5.74, 6) is 2.50. The third-order valence-electron chi connectivity index (χ3n) is 5.13. The van der Waals surface area contributed by atoms with Crippen molar-refractivity contribution < 1.29 is 9.47 Å². The Bertz CT molecular complexity index is 728. The Kier molecular flexibility index (Phi) is 11.6. The van der Waals surface area contributed by atoms with E-state index in [0.29, 0.717) is 12.5 Å². The summed E-state index contributed by atoms with van der Waals surface area (Å²) >= 11 is 0. The molecule has 1 fully saturated rings. The molecule has 3 rings (SSSR count). The van der Waals surface area contributed by atoms with Gasteiger partial charge in [0.25, 0.3) is 0 Å². The number of ether oxygens (including phenoxy) is 2. The first-order chi connectivity index (χ1) is 14.3. The number of para-hydroxylation sites is 1. The van der Waals surface area contributed by atoms with Crippen molar-refractivity contribution in [3.8, 4) is 5.75 Å². The molecule has 1 N–H and O–H groups in total. The highest BCUT2D eigenvalue weighted by atomic mass is 127. The first-order valence-electron chi connectivity index (χ1n) is 10.6. The normalized spacial score (nSPS) is 16.2. The van der Waals surface area contributed by atoms with Crippen molar-refractivity contribution in [2.45, 2.75) is 25.9 Å². The van der Waals surface area contributed by atoms with Gasteiger partial charge in [-0.1, -0.05) is 48.5 Å². The van der Waals surface area contributed by atoms with Gasteiger partial charge in [0.15, 0.2) is 5.96 Å². The van der Waals surface area contributed by atoms with Crippen LogP contribution in [0.5, 0.6) is 5.75 Å². The number of hydrogen-bond donors (Lipinski definition) is 1.